The third-order valence-corrected chi connectivity index (χ3v) is 6.01. The molecule has 0 saturated carbocycles. The van der Waals surface area contributed by atoms with Crippen molar-refractivity contribution in [2.75, 3.05) is 32.1 Å². The first-order valence-corrected chi connectivity index (χ1v) is 10.9. The molecular weight excluding hydrogens is 410 g/mol. The Morgan fingerprint density at radius 3 is 2.84 bits per heavy atom. The molecule has 2 heterocycles. The van der Waals surface area contributed by atoms with Gasteiger partial charge in [-0.2, -0.15) is 5.26 Å². The summed E-state index contributed by atoms with van der Waals surface area (Å²) in [4.78, 5) is 17.0. The molecule has 0 spiro atoms. The van der Waals surface area contributed by atoms with Crippen LogP contribution in [-0.4, -0.2) is 42.3 Å². The zero-order chi connectivity index (χ0) is 22.4. The van der Waals surface area contributed by atoms with Gasteiger partial charge in [-0.05, 0) is 50.6 Å². The number of anilines is 1. The third kappa shape index (κ3) is 5.32. The number of aromatic nitrogens is 2. The average Bonchev–Trinajstić information content (AvgIpc) is 3.29. The molecule has 1 aromatic carbocycles. The fraction of sp³-hybridized carbons (Fsp3) is 0.348. The van der Waals surface area contributed by atoms with Crippen molar-refractivity contribution in [3.8, 4) is 6.07 Å². The first-order chi connectivity index (χ1) is 14.9. The number of thiazole rings is 1. The van der Waals surface area contributed by atoms with Gasteiger partial charge in [0.25, 0.3) is 5.91 Å². The van der Waals surface area contributed by atoms with Crippen LogP contribution < -0.4 is 10.6 Å². The van der Waals surface area contributed by atoms with E-state index in [2.05, 4.69) is 27.1 Å². The monoisotopic (exact) mass is 437 g/mol. The second kappa shape index (κ2) is 10.2. The lowest BCUT2D eigenvalue weighted by Crippen LogP contribution is -2.29. The summed E-state index contributed by atoms with van der Waals surface area (Å²) in [5, 5.41) is 16.3. The predicted molar refractivity (Wildman–Crippen MR) is 125 cm³/mol. The molecule has 0 radical (unpaired) electrons. The van der Waals surface area contributed by atoms with Gasteiger partial charge in [0, 0.05) is 31.6 Å². The topological polar surface area (TPSA) is 92.0 Å². The van der Waals surface area contributed by atoms with E-state index < -0.39 is 0 Å². The second-order valence-corrected chi connectivity index (χ2v) is 8.37. The Hall–Kier alpha value is -3.15. The van der Waals surface area contributed by atoms with E-state index in [1.54, 1.807) is 24.5 Å². The Bertz CT molecular complexity index is 1110. The molecule has 8 heteroatoms. The number of aryl methyl sites for hydroxylation is 1. The summed E-state index contributed by atoms with van der Waals surface area (Å²) in [5.41, 5.74) is 3.96. The highest BCUT2D eigenvalue weighted by Crippen LogP contribution is 2.25. The van der Waals surface area contributed by atoms with Crippen molar-refractivity contribution in [1.82, 2.24) is 14.9 Å². The van der Waals surface area contributed by atoms with Crippen molar-refractivity contribution < 1.29 is 9.53 Å². The summed E-state index contributed by atoms with van der Waals surface area (Å²) < 4.78 is 8.53. The molecule has 0 aliphatic carbocycles. The van der Waals surface area contributed by atoms with Crippen LogP contribution in [0.25, 0.3) is 16.3 Å². The summed E-state index contributed by atoms with van der Waals surface area (Å²) >= 11 is 1.57. The number of fused-ring (bicyclic) bond motifs is 1. The molecule has 0 saturated heterocycles. The fourth-order valence-electron chi connectivity index (χ4n) is 3.64. The van der Waals surface area contributed by atoms with Crippen molar-refractivity contribution in [2.24, 2.45) is 0 Å². The van der Waals surface area contributed by atoms with Gasteiger partial charge in [-0.25, -0.2) is 4.98 Å². The maximum absolute atomic E-state index is 12.5. The smallest absolute Gasteiger partial charge is 0.262 e. The molecule has 3 rings (SSSR count). The average molecular weight is 438 g/mol. The number of hydrogen-bond acceptors (Lipinski definition) is 6. The second-order valence-electron chi connectivity index (χ2n) is 7.34. The maximum atomic E-state index is 12.5. The van der Waals surface area contributed by atoms with E-state index in [4.69, 9.17) is 4.74 Å². The Morgan fingerprint density at radius 1 is 1.35 bits per heavy atom. The molecule has 7 nitrogen and oxygen atoms in total. The van der Waals surface area contributed by atoms with E-state index >= 15 is 0 Å². The molecule has 2 N–H and O–H groups in total. The van der Waals surface area contributed by atoms with Crippen LogP contribution >= 0.6 is 11.3 Å². The highest BCUT2D eigenvalue weighted by Gasteiger charge is 2.15. The largest absolute Gasteiger partial charge is 0.383 e. The molecular formula is C23H27N5O2S. The van der Waals surface area contributed by atoms with E-state index in [1.807, 2.05) is 50.2 Å². The molecule has 3 aromatic rings. The number of methoxy groups -OCH3 is 1. The van der Waals surface area contributed by atoms with Crippen LogP contribution in [0, 0.1) is 25.2 Å². The van der Waals surface area contributed by atoms with Crippen molar-refractivity contribution >= 4 is 38.7 Å². The zero-order valence-electron chi connectivity index (χ0n) is 18.2. The Labute approximate surface area is 186 Å². The van der Waals surface area contributed by atoms with Crippen molar-refractivity contribution in [1.29, 1.82) is 5.26 Å². The zero-order valence-corrected chi connectivity index (χ0v) is 19.0. The molecule has 2 aromatic heterocycles. The van der Waals surface area contributed by atoms with Gasteiger partial charge < -0.3 is 19.9 Å². The standard InChI is InChI=1S/C23H27N5O2S/c1-15-11-18(17(3)28(15)16(2)14-30-4)12-19(13-24)22(29)25-9-10-26-23-27-20-7-5-6-8-21(20)31-23/h5-8,11-12,16H,9-10,14H2,1-4H3,(H,25,29)(H,26,27)/b19-12-/t16-/m1/s1. The first kappa shape index (κ1) is 22.5. The van der Waals surface area contributed by atoms with Crippen LogP contribution in [0.5, 0.6) is 0 Å². The van der Waals surface area contributed by atoms with Crippen LogP contribution in [0.2, 0.25) is 0 Å². The molecule has 0 bridgehead atoms. The Kier molecular flexibility index (Phi) is 7.45. The molecule has 1 atom stereocenters. The number of hydrogen-bond donors (Lipinski definition) is 2. The fourth-order valence-corrected chi connectivity index (χ4v) is 4.53. The highest BCUT2D eigenvalue weighted by atomic mass is 32.1. The van der Waals surface area contributed by atoms with Crippen LogP contribution in [0.1, 0.15) is 29.9 Å². The highest BCUT2D eigenvalue weighted by molar-refractivity contribution is 7.22. The third-order valence-electron chi connectivity index (χ3n) is 5.02. The lowest BCUT2D eigenvalue weighted by molar-refractivity contribution is -0.116. The minimum absolute atomic E-state index is 0.0830. The maximum Gasteiger partial charge on any atom is 0.262 e. The minimum Gasteiger partial charge on any atom is -0.383 e. The lowest BCUT2D eigenvalue weighted by atomic mass is 10.1. The molecule has 0 aliphatic heterocycles. The number of carbonyl (C=O) groups is 1. The van der Waals surface area contributed by atoms with Gasteiger partial charge in [0.05, 0.1) is 22.9 Å². The van der Waals surface area contributed by atoms with Gasteiger partial charge in [0.15, 0.2) is 5.13 Å². The van der Waals surface area contributed by atoms with Crippen LogP contribution in [0.4, 0.5) is 5.13 Å². The first-order valence-electron chi connectivity index (χ1n) is 10.1. The number of ether oxygens (including phenoxy) is 1. The quantitative estimate of drug-likeness (QED) is 0.299. The van der Waals surface area contributed by atoms with E-state index in [1.165, 1.54) is 0 Å². The van der Waals surface area contributed by atoms with Gasteiger partial charge in [0.2, 0.25) is 0 Å². The van der Waals surface area contributed by atoms with Gasteiger partial charge in [-0.3, -0.25) is 4.79 Å². The molecule has 0 fully saturated rings. The molecule has 31 heavy (non-hydrogen) atoms. The van der Waals surface area contributed by atoms with Gasteiger partial charge in [0.1, 0.15) is 11.6 Å². The van der Waals surface area contributed by atoms with Gasteiger partial charge in [-0.15, -0.1) is 0 Å². The molecule has 1 amide bonds. The normalized spacial score (nSPS) is 12.5. The van der Waals surface area contributed by atoms with E-state index in [0.717, 1.165) is 32.3 Å². The predicted octanol–water partition coefficient (Wildman–Crippen LogP) is 4.06. The molecule has 162 valence electrons. The Morgan fingerprint density at radius 2 is 2.13 bits per heavy atom. The van der Waals surface area contributed by atoms with E-state index in [9.17, 15) is 10.1 Å². The number of rotatable bonds is 9. The number of benzene rings is 1. The van der Waals surface area contributed by atoms with E-state index in [0.29, 0.717) is 19.7 Å². The van der Waals surface area contributed by atoms with Crippen LogP contribution in [0.15, 0.2) is 35.9 Å². The van der Waals surface area contributed by atoms with Crippen molar-refractivity contribution in [2.45, 2.75) is 26.8 Å². The van der Waals surface area contributed by atoms with Gasteiger partial charge in [-0.1, -0.05) is 23.5 Å². The number of para-hydroxylation sites is 1. The van der Waals surface area contributed by atoms with Crippen LogP contribution in [-0.2, 0) is 9.53 Å². The number of amides is 1. The van der Waals surface area contributed by atoms with Crippen molar-refractivity contribution in [3.05, 3.63) is 52.9 Å². The Balaban J connectivity index is 1.60. The minimum atomic E-state index is -0.386. The van der Waals surface area contributed by atoms with Crippen molar-refractivity contribution in [3.63, 3.8) is 0 Å². The molecule has 0 aliphatic rings. The van der Waals surface area contributed by atoms with Crippen LogP contribution in [0.3, 0.4) is 0 Å². The lowest BCUT2D eigenvalue weighted by Gasteiger charge is -2.17. The molecule has 0 unspecified atom stereocenters. The number of nitriles is 1. The summed E-state index contributed by atoms with van der Waals surface area (Å²) in [6.45, 7) is 7.57. The summed E-state index contributed by atoms with van der Waals surface area (Å²) in [5.74, 6) is -0.386. The van der Waals surface area contributed by atoms with E-state index in [-0.39, 0.29) is 17.5 Å². The summed E-state index contributed by atoms with van der Waals surface area (Å²) in [6, 6.07) is 12.1. The number of nitrogens with zero attached hydrogens (tertiary/aromatic N) is 3. The van der Waals surface area contributed by atoms with Gasteiger partial charge >= 0.3 is 0 Å². The SMILES string of the molecule is COC[C@@H](C)n1c(C)cc(/C=C(/C#N)C(=O)NCCNc2nc3ccccc3s2)c1C. The number of carbonyl (C=O) groups excluding carboxylic acids is 1. The summed E-state index contributed by atoms with van der Waals surface area (Å²) in [6.07, 6.45) is 1.65. The number of nitrogens with one attached hydrogen (secondary N) is 2. The summed E-state index contributed by atoms with van der Waals surface area (Å²) in [7, 11) is 1.68.